The van der Waals surface area contributed by atoms with Crippen molar-refractivity contribution < 1.29 is 32.2 Å². The maximum atomic E-state index is 13.2. The molecule has 0 bridgehead atoms. The summed E-state index contributed by atoms with van der Waals surface area (Å²) < 4.78 is 56.5. The van der Waals surface area contributed by atoms with Crippen LogP contribution in [0.2, 0.25) is 0 Å². The lowest BCUT2D eigenvalue weighted by Crippen LogP contribution is -2.42. The van der Waals surface area contributed by atoms with E-state index in [1.54, 1.807) is 30.7 Å². The fourth-order valence-electron chi connectivity index (χ4n) is 4.25. The van der Waals surface area contributed by atoms with E-state index in [-0.39, 0.29) is 29.7 Å². The van der Waals surface area contributed by atoms with E-state index in [9.17, 15) is 18.0 Å². The molecule has 2 amide bonds. The minimum Gasteiger partial charge on any atom is -0.483 e. The van der Waals surface area contributed by atoms with Gasteiger partial charge in [0.05, 0.1) is 24.5 Å². The zero-order valence-electron chi connectivity index (χ0n) is 20.3. The summed E-state index contributed by atoms with van der Waals surface area (Å²) in [5, 5.41) is 5.38. The van der Waals surface area contributed by atoms with Gasteiger partial charge in [-0.2, -0.15) is 18.2 Å². The van der Waals surface area contributed by atoms with Crippen molar-refractivity contribution in [3.63, 3.8) is 0 Å². The van der Waals surface area contributed by atoms with E-state index in [1.165, 1.54) is 6.07 Å². The number of anilines is 1. The van der Waals surface area contributed by atoms with Gasteiger partial charge in [-0.25, -0.2) is 9.78 Å². The first-order valence-corrected chi connectivity index (χ1v) is 12.3. The SMILES string of the molecule is O=C(Nc1cc(C(F)(F)F)ccc1OC1COC1)NC1CCC(Oc2ccnc(-c3cccnc3)n2)CC1. The lowest BCUT2D eigenvalue weighted by Gasteiger charge is -2.30. The Labute approximate surface area is 216 Å². The van der Waals surface area contributed by atoms with Crippen molar-refractivity contribution in [3.8, 4) is 23.0 Å². The first kappa shape index (κ1) is 25.7. The van der Waals surface area contributed by atoms with E-state index in [4.69, 9.17) is 14.2 Å². The number of carbonyl (C=O) groups excluding carboxylic acids is 1. The average molecular weight is 530 g/mol. The van der Waals surface area contributed by atoms with Gasteiger partial charge in [-0.15, -0.1) is 0 Å². The van der Waals surface area contributed by atoms with Gasteiger partial charge in [0.15, 0.2) is 5.82 Å². The number of rotatable bonds is 7. The number of nitrogens with zero attached hydrogens (tertiary/aromatic N) is 3. The van der Waals surface area contributed by atoms with Gasteiger partial charge in [0.1, 0.15) is 18.0 Å². The van der Waals surface area contributed by atoms with E-state index in [1.807, 2.05) is 6.07 Å². The Morgan fingerprint density at radius 3 is 2.50 bits per heavy atom. The summed E-state index contributed by atoms with van der Waals surface area (Å²) in [4.78, 5) is 25.5. The largest absolute Gasteiger partial charge is 0.483 e. The number of nitrogens with one attached hydrogen (secondary N) is 2. The van der Waals surface area contributed by atoms with Crippen LogP contribution >= 0.6 is 0 Å². The second kappa shape index (κ2) is 11.2. The Morgan fingerprint density at radius 1 is 1.00 bits per heavy atom. The molecule has 1 aliphatic carbocycles. The highest BCUT2D eigenvalue weighted by Gasteiger charge is 2.32. The normalized spacial score (nSPS) is 19.8. The van der Waals surface area contributed by atoms with Gasteiger partial charge in [0.25, 0.3) is 0 Å². The monoisotopic (exact) mass is 529 g/mol. The molecule has 1 saturated carbocycles. The Hall–Kier alpha value is -3.93. The topological polar surface area (TPSA) is 107 Å². The summed E-state index contributed by atoms with van der Waals surface area (Å²) in [7, 11) is 0. The molecule has 0 spiro atoms. The van der Waals surface area contributed by atoms with Gasteiger partial charge >= 0.3 is 12.2 Å². The molecule has 2 aromatic heterocycles. The summed E-state index contributed by atoms with van der Waals surface area (Å²) in [6.07, 6.45) is 2.73. The lowest BCUT2D eigenvalue weighted by molar-refractivity contribution is -0.137. The molecule has 1 aliphatic heterocycles. The molecular formula is C26H26F3N5O4. The Kier molecular flexibility index (Phi) is 7.59. The Bertz CT molecular complexity index is 1250. The molecule has 3 heterocycles. The summed E-state index contributed by atoms with van der Waals surface area (Å²) in [5.41, 5.74) is -0.138. The molecule has 2 N–H and O–H groups in total. The second-order valence-corrected chi connectivity index (χ2v) is 9.14. The van der Waals surface area contributed by atoms with Crippen molar-refractivity contribution in [2.24, 2.45) is 0 Å². The van der Waals surface area contributed by atoms with E-state index >= 15 is 0 Å². The van der Waals surface area contributed by atoms with Crippen LogP contribution in [0.1, 0.15) is 31.2 Å². The van der Waals surface area contributed by atoms with E-state index in [0.717, 1.165) is 17.7 Å². The Morgan fingerprint density at radius 2 is 1.82 bits per heavy atom. The molecule has 1 saturated heterocycles. The maximum absolute atomic E-state index is 13.2. The van der Waals surface area contributed by atoms with Gasteiger partial charge in [0, 0.05) is 36.3 Å². The summed E-state index contributed by atoms with van der Waals surface area (Å²) in [6.45, 7) is 0.690. The lowest BCUT2D eigenvalue weighted by atomic mass is 9.93. The number of aromatic nitrogens is 3. The number of urea groups is 1. The molecule has 0 atom stereocenters. The van der Waals surface area contributed by atoms with Crippen molar-refractivity contribution >= 4 is 11.7 Å². The maximum Gasteiger partial charge on any atom is 0.416 e. The molecule has 2 aliphatic rings. The van der Waals surface area contributed by atoms with Crippen LogP contribution in [0.15, 0.2) is 55.0 Å². The van der Waals surface area contributed by atoms with E-state index in [0.29, 0.717) is 50.6 Å². The first-order valence-electron chi connectivity index (χ1n) is 12.3. The van der Waals surface area contributed by atoms with Crippen molar-refractivity contribution in [2.75, 3.05) is 18.5 Å². The molecule has 1 aromatic carbocycles. The molecule has 2 fully saturated rings. The smallest absolute Gasteiger partial charge is 0.416 e. The zero-order valence-corrected chi connectivity index (χ0v) is 20.3. The van der Waals surface area contributed by atoms with Crippen LogP contribution in [-0.4, -0.2) is 52.4 Å². The molecular weight excluding hydrogens is 503 g/mol. The zero-order chi connectivity index (χ0) is 26.5. The highest BCUT2D eigenvalue weighted by molar-refractivity contribution is 5.91. The van der Waals surface area contributed by atoms with Gasteiger partial charge in [-0.05, 0) is 56.0 Å². The van der Waals surface area contributed by atoms with Crippen molar-refractivity contribution in [2.45, 2.75) is 50.1 Å². The van der Waals surface area contributed by atoms with Gasteiger partial charge < -0.3 is 24.8 Å². The molecule has 3 aromatic rings. The third-order valence-corrected chi connectivity index (χ3v) is 6.30. The molecule has 200 valence electrons. The minimum absolute atomic E-state index is 0.0468. The average Bonchev–Trinajstić information content (AvgIpc) is 2.88. The highest BCUT2D eigenvalue weighted by Crippen LogP contribution is 2.36. The minimum atomic E-state index is -4.55. The third kappa shape index (κ3) is 6.49. The fraction of sp³-hybridized carbons (Fsp3) is 0.385. The fourth-order valence-corrected chi connectivity index (χ4v) is 4.25. The van der Waals surface area contributed by atoms with Crippen LogP contribution in [0.3, 0.4) is 0 Å². The summed E-state index contributed by atoms with van der Waals surface area (Å²) in [6, 6.07) is 7.64. The van der Waals surface area contributed by atoms with Crippen LogP contribution in [0, 0.1) is 0 Å². The standard InChI is InChI=1S/C26H26F3N5O4/c27-26(28,29)17-3-8-22(37-20-14-36-15-20)21(12-17)33-25(35)32-18-4-6-19(7-5-18)38-23-9-11-31-24(34-23)16-2-1-10-30-13-16/h1-3,8-13,18-20H,4-7,14-15H2,(H2,32,33,35). The van der Waals surface area contributed by atoms with Gasteiger partial charge in [-0.3, -0.25) is 4.98 Å². The van der Waals surface area contributed by atoms with Crippen molar-refractivity contribution in [3.05, 3.63) is 60.6 Å². The number of ether oxygens (including phenoxy) is 3. The number of halogens is 3. The number of pyridine rings is 1. The highest BCUT2D eigenvalue weighted by atomic mass is 19.4. The Balaban J connectivity index is 1.15. The number of alkyl halides is 3. The molecule has 0 radical (unpaired) electrons. The number of hydrogen-bond acceptors (Lipinski definition) is 7. The molecule has 12 heteroatoms. The third-order valence-electron chi connectivity index (χ3n) is 6.30. The number of hydrogen-bond donors (Lipinski definition) is 2. The number of benzene rings is 1. The quantitative estimate of drug-likeness (QED) is 0.451. The molecule has 5 rings (SSSR count). The van der Waals surface area contributed by atoms with Crippen LogP contribution in [0.25, 0.3) is 11.4 Å². The predicted molar refractivity (Wildman–Crippen MR) is 131 cm³/mol. The van der Waals surface area contributed by atoms with Crippen LogP contribution in [0.4, 0.5) is 23.7 Å². The van der Waals surface area contributed by atoms with Crippen LogP contribution < -0.4 is 20.1 Å². The molecule has 9 nitrogen and oxygen atoms in total. The van der Waals surface area contributed by atoms with Crippen molar-refractivity contribution in [1.29, 1.82) is 0 Å². The molecule has 0 unspecified atom stereocenters. The molecule has 38 heavy (non-hydrogen) atoms. The van der Waals surface area contributed by atoms with Crippen LogP contribution in [-0.2, 0) is 10.9 Å². The van der Waals surface area contributed by atoms with Crippen LogP contribution in [0.5, 0.6) is 11.6 Å². The second-order valence-electron chi connectivity index (χ2n) is 9.14. The number of carbonyl (C=O) groups is 1. The summed E-state index contributed by atoms with van der Waals surface area (Å²) >= 11 is 0. The first-order chi connectivity index (χ1) is 18.3. The van der Waals surface area contributed by atoms with Gasteiger partial charge in [-0.1, -0.05) is 0 Å². The van der Waals surface area contributed by atoms with E-state index in [2.05, 4.69) is 25.6 Å². The van der Waals surface area contributed by atoms with Gasteiger partial charge in [0.2, 0.25) is 5.88 Å². The predicted octanol–water partition coefficient (Wildman–Crippen LogP) is 4.85. The van der Waals surface area contributed by atoms with Crippen molar-refractivity contribution in [1.82, 2.24) is 20.3 Å². The number of amides is 2. The summed E-state index contributed by atoms with van der Waals surface area (Å²) in [5.74, 6) is 1.14. The van der Waals surface area contributed by atoms with E-state index < -0.39 is 17.8 Å².